The van der Waals surface area contributed by atoms with Crippen LogP contribution in [0.2, 0.25) is 0 Å². The molecule has 1 atom stereocenters. The third-order valence-corrected chi connectivity index (χ3v) is 3.08. The van der Waals surface area contributed by atoms with E-state index in [0.29, 0.717) is 18.7 Å². The zero-order valence-corrected chi connectivity index (χ0v) is 10.4. The molecule has 0 spiro atoms. The van der Waals surface area contributed by atoms with E-state index in [1.807, 2.05) is 0 Å². The van der Waals surface area contributed by atoms with Gasteiger partial charge in [0.2, 0.25) is 11.8 Å². The maximum Gasteiger partial charge on any atom is 0.239 e. The predicted molar refractivity (Wildman–Crippen MR) is 65.6 cm³/mol. The van der Waals surface area contributed by atoms with Crippen molar-refractivity contribution in [2.24, 2.45) is 5.92 Å². The van der Waals surface area contributed by atoms with Gasteiger partial charge in [-0.2, -0.15) is 0 Å². The zero-order chi connectivity index (χ0) is 13.3. The fourth-order valence-electron chi connectivity index (χ4n) is 2.10. The molecule has 1 aromatic rings. The average molecular weight is 250 g/mol. The Morgan fingerprint density at radius 2 is 1.94 bits per heavy atom. The molecule has 2 rings (SSSR count). The Hall–Kier alpha value is -1.91. The van der Waals surface area contributed by atoms with Crippen molar-refractivity contribution < 1.29 is 14.0 Å². The second-order valence-corrected chi connectivity index (χ2v) is 4.54. The minimum atomic E-state index is -0.606. The van der Waals surface area contributed by atoms with Crippen LogP contribution in [0.4, 0.5) is 10.1 Å². The Kier molecular flexibility index (Phi) is 3.32. The smallest absolute Gasteiger partial charge is 0.239 e. The maximum atomic E-state index is 12.8. The first-order chi connectivity index (χ1) is 8.50. The SMILES string of the molecule is CN(C)C(=O)C1CCN(c2ccc(F)cc2)C1=O. The van der Waals surface area contributed by atoms with Gasteiger partial charge in [-0.15, -0.1) is 0 Å². The largest absolute Gasteiger partial charge is 0.348 e. The van der Waals surface area contributed by atoms with Crippen molar-refractivity contribution in [3.8, 4) is 0 Å². The summed E-state index contributed by atoms with van der Waals surface area (Å²) in [6.45, 7) is 0.495. The Labute approximate surface area is 105 Å². The van der Waals surface area contributed by atoms with Gasteiger partial charge in [-0.3, -0.25) is 9.59 Å². The fourth-order valence-corrected chi connectivity index (χ4v) is 2.10. The van der Waals surface area contributed by atoms with Crippen LogP contribution in [-0.2, 0) is 9.59 Å². The number of hydrogen-bond donors (Lipinski definition) is 0. The van der Waals surface area contributed by atoms with Gasteiger partial charge in [0.25, 0.3) is 0 Å². The number of carbonyl (C=O) groups excluding carboxylic acids is 2. The monoisotopic (exact) mass is 250 g/mol. The van der Waals surface area contributed by atoms with Crippen molar-refractivity contribution in [1.29, 1.82) is 0 Å². The van der Waals surface area contributed by atoms with Gasteiger partial charge < -0.3 is 9.80 Å². The van der Waals surface area contributed by atoms with Crippen molar-refractivity contribution in [3.05, 3.63) is 30.1 Å². The second-order valence-electron chi connectivity index (χ2n) is 4.54. The molecule has 0 N–H and O–H groups in total. The quantitative estimate of drug-likeness (QED) is 0.742. The first-order valence-electron chi connectivity index (χ1n) is 5.79. The molecule has 1 aromatic carbocycles. The molecule has 96 valence electrons. The standard InChI is InChI=1S/C13H15FN2O2/c1-15(2)12(17)11-7-8-16(13(11)18)10-5-3-9(14)4-6-10/h3-6,11H,7-8H2,1-2H3. The molecule has 1 aliphatic rings. The van der Waals surface area contributed by atoms with E-state index in [0.717, 1.165) is 0 Å². The van der Waals surface area contributed by atoms with E-state index >= 15 is 0 Å². The summed E-state index contributed by atoms with van der Waals surface area (Å²) in [4.78, 5) is 26.9. The Bertz CT molecular complexity index is 470. The van der Waals surface area contributed by atoms with Gasteiger partial charge in [0.05, 0.1) is 0 Å². The van der Waals surface area contributed by atoms with Gasteiger partial charge in [0.15, 0.2) is 0 Å². The first-order valence-corrected chi connectivity index (χ1v) is 5.79. The summed E-state index contributed by atoms with van der Waals surface area (Å²) in [5, 5.41) is 0. The normalized spacial score (nSPS) is 19.2. The highest BCUT2D eigenvalue weighted by Gasteiger charge is 2.38. The second kappa shape index (κ2) is 4.76. The molecule has 2 amide bonds. The molecule has 1 saturated heterocycles. The highest BCUT2D eigenvalue weighted by Crippen LogP contribution is 2.26. The molecule has 1 heterocycles. The number of carbonyl (C=O) groups is 2. The van der Waals surface area contributed by atoms with Crippen molar-refractivity contribution in [1.82, 2.24) is 4.90 Å². The molecular formula is C13H15FN2O2. The molecule has 0 saturated carbocycles. The van der Waals surface area contributed by atoms with Crippen LogP contribution in [0.1, 0.15) is 6.42 Å². The van der Waals surface area contributed by atoms with Crippen LogP contribution in [0.5, 0.6) is 0 Å². The topological polar surface area (TPSA) is 40.6 Å². The van der Waals surface area contributed by atoms with Gasteiger partial charge in [-0.25, -0.2) is 4.39 Å². The Morgan fingerprint density at radius 1 is 1.33 bits per heavy atom. The lowest BCUT2D eigenvalue weighted by Gasteiger charge is -2.18. The van der Waals surface area contributed by atoms with Gasteiger partial charge >= 0.3 is 0 Å². The maximum absolute atomic E-state index is 12.8. The molecule has 5 heteroatoms. The predicted octanol–water partition coefficient (Wildman–Crippen LogP) is 1.27. The molecule has 4 nitrogen and oxygen atoms in total. The van der Waals surface area contributed by atoms with Crippen molar-refractivity contribution in [2.75, 3.05) is 25.5 Å². The van der Waals surface area contributed by atoms with E-state index < -0.39 is 5.92 Å². The molecule has 1 fully saturated rings. The molecule has 1 unspecified atom stereocenters. The highest BCUT2D eigenvalue weighted by atomic mass is 19.1. The van der Waals surface area contributed by atoms with Crippen molar-refractivity contribution in [3.63, 3.8) is 0 Å². The molecule has 1 aliphatic heterocycles. The third kappa shape index (κ3) is 2.20. The van der Waals surface area contributed by atoms with Crippen LogP contribution in [0, 0.1) is 11.7 Å². The summed E-state index contributed by atoms with van der Waals surface area (Å²) >= 11 is 0. The number of halogens is 1. The third-order valence-electron chi connectivity index (χ3n) is 3.08. The van der Waals surface area contributed by atoms with Crippen LogP contribution < -0.4 is 4.90 Å². The number of benzene rings is 1. The van der Waals surface area contributed by atoms with Gasteiger partial charge in [0.1, 0.15) is 11.7 Å². The van der Waals surface area contributed by atoms with E-state index in [9.17, 15) is 14.0 Å². The number of nitrogens with zero attached hydrogens (tertiary/aromatic N) is 2. The fraction of sp³-hybridized carbons (Fsp3) is 0.385. The number of anilines is 1. The minimum Gasteiger partial charge on any atom is -0.348 e. The number of hydrogen-bond acceptors (Lipinski definition) is 2. The minimum absolute atomic E-state index is 0.176. The van der Waals surface area contributed by atoms with E-state index in [1.54, 1.807) is 26.2 Å². The van der Waals surface area contributed by atoms with Crippen molar-refractivity contribution >= 4 is 17.5 Å². The molecule has 0 radical (unpaired) electrons. The molecule has 0 aromatic heterocycles. The van der Waals surface area contributed by atoms with Gasteiger partial charge in [-0.1, -0.05) is 0 Å². The molecular weight excluding hydrogens is 235 g/mol. The lowest BCUT2D eigenvalue weighted by molar-refractivity contribution is -0.137. The van der Waals surface area contributed by atoms with Crippen molar-refractivity contribution in [2.45, 2.75) is 6.42 Å². The van der Waals surface area contributed by atoms with Crippen LogP contribution in [0.25, 0.3) is 0 Å². The lowest BCUT2D eigenvalue weighted by Crippen LogP contribution is -2.36. The van der Waals surface area contributed by atoms with Crippen LogP contribution in [-0.4, -0.2) is 37.4 Å². The summed E-state index contributed by atoms with van der Waals surface area (Å²) in [7, 11) is 3.27. The lowest BCUT2D eigenvalue weighted by atomic mass is 10.1. The number of amides is 2. The summed E-state index contributed by atoms with van der Waals surface area (Å²) < 4.78 is 12.8. The van der Waals surface area contributed by atoms with E-state index in [2.05, 4.69) is 0 Å². The summed E-state index contributed by atoms with van der Waals surface area (Å²) in [5.74, 6) is -1.33. The van der Waals surface area contributed by atoms with Gasteiger partial charge in [-0.05, 0) is 30.7 Å². The zero-order valence-electron chi connectivity index (χ0n) is 10.4. The van der Waals surface area contributed by atoms with Crippen LogP contribution in [0.15, 0.2) is 24.3 Å². The van der Waals surface area contributed by atoms with Crippen LogP contribution in [0.3, 0.4) is 0 Å². The first kappa shape index (κ1) is 12.5. The van der Waals surface area contributed by atoms with Gasteiger partial charge in [0, 0.05) is 26.3 Å². The van der Waals surface area contributed by atoms with Crippen LogP contribution >= 0.6 is 0 Å². The average Bonchev–Trinajstić information content (AvgIpc) is 2.71. The summed E-state index contributed by atoms with van der Waals surface area (Å²) in [6, 6.07) is 5.72. The molecule has 18 heavy (non-hydrogen) atoms. The van der Waals surface area contributed by atoms with E-state index in [4.69, 9.17) is 0 Å². The molecule has 0 aliphatic carbocycles. The van der Waals surface area contributed by atoms with E-state index in [-0.39, 0.29) is 17.6 Å². The summed E-state index contributed by atoms with van der Waals surface area (Å²) in [6.07, 6.45) is 0.507. The summed E-state index contributed by atoms with van der Waals surface area (Å²) in [5.41, 5.74) is 0.635. The Balaban J connectivity index is 2.17. The molecule has 0 bridgehead atoms. The highest BCUT2D eigenvalue weighted by molar-refractivity contribution is 6.09. The Morgan fingerprint density at radius 3 is 2.50 bits per heavy atom. The number of rotatable bonds is 2. The van der Waals surface area contributed by atoms with E-state index in [1.165, 1.54) is 21.9 Å².